The molecule has 4 aromatic rings. The van der Waals surface area contributed by atoms with Crippen molar-refractivity contribution in [2.24, 2.45) is 0 Å². The summed E-state index contributed by atoms with van der Waals surface area (Å²) in [5.41, 5.74) is 3.44. The highest BCUT2D eigenvalue weighted by Crippen LogP contribution is 2.41. The minimum absolute atomic E-state index is 0.0185. The Morgan fingerprint density at radius 3 is 2.62 bits per heavy atom. The average Bonchev–Trinajstić information content (AvgIpc) is 3.90. The third kappa shape index (κ3) is 5.93. The van der Waals surface area contributed by atoms with E-state index >= 15 is 0 Å². The zero-order chi connectivity index (χ0) is 32.6. The molecular weight excluding hydrogens is 606 g/mol. The summed E-state index contributed by atoms with van der Waals surface area (Å²) in [5.74, 6) is 1.60. The second-order valence-corrected chi connectivity index (χ2v) is 13.0. The summed E-state index contributed by atoms with van der Waals surface area (Å²) in [6, 6.07) is 21.8. The van der Waals surface area contributed by atoms with E-state index in [2.05, 4.69) is 79.4 Å². The van der Waals surface area contributed by atoms with Gasteiger partial charge in [-0.3, -0.25) is 14.5 Å². The third-order valence-corrected chi connectivity index (χ3v) is 10.2. The molecule has 4 fully saturated rings. The largest absolute Gasteiger partial charge is 0.494 e. The Labute approximate surface area is 280 Å². The van der Waals surface area contributed by atoms with Gasteiger partial charge in [-0.05, 0) is 53.8 Å². The highest BCUT2D eigenvalue weighted by molar-refractivity contribution is 6.02. The number of hydroxylamine groups is 1. The van der Waals surface area contributed by atoms with Crippen LogP contribution in [-0.4, -0.2) is 78.9 Å². The first-order chi connectivity index (χ1) is 23.6. The number of hydrogen-bond acceptors (Lipinski definition) is 10. The van der Waals surface area contributed by atoms with Crippen LogP contribution in [0.4, 0.5) is 28.7 Å². The summed E-state index contributed by atoms with van der Waals surface area (Å²) < 4.78 is 11.7. The molecule has 2 N–H and O–H groups in total. The van der Waals surface area contributed by atoms with Crippen LogP contribution in [-0.2, 0) is 14.4 Å². The van der Waals surface area contributed by atoms with Crippen LogP contribution < -0.4 is 25.3 Å². The standard InChI is InChI=1S/C37H41N7O4/c1-3-37(45)41-30-18-31(34(46-2)19-33(30)42-13-10-27(11-14-42)43-21-29-17-28(43)22-47-29)40-35-20-36(39-23-38-35)44-32(12-15-48-44)26-9-8-24-6-4-5-7-25(24)16-26/h3-9,16,18-20,23,27-29,32H,1,10-15,17,21-22H2,2H3,(H,41,45)(H,38,39,40)/t28-,29-,32+/m0/s1. The topological polar surface area (TPSA) is 104 Å². The number of benzene rings is 3. The highest BCUT2D eigenvalue weighted by Gasteiger charge is 2.42. The number of carbonyl (C=O) groups is 1. The fraction of sp³-hybridized carbons (Fsp3) is 0.378. The van der Waals surface area contributed by atoms with E-state index in [1.807, 2.05) is 23.3 Å². The lowest BCUT2D eigenvalue weighted by atomic mass is 10.0. The molecular formula is C37H41N7O4. The molecule has 4 aliphatic rings. The van der Waals surface area contributed by atoms with E-state index in [0.29, 0.717) is 53.6 Å². The monoisotopic (exact) mass is 647 g/mol. The predicted molar refractivity (Wildman–Crippen MR) is 187 cm³/mol. The zero-order valence-electron chi connectivity index (χ0n) is 27.2. The van der Waals surface area contributed by atoms with Crippen LogP contribution in [0.2, 0.25) is 0 Å². The van der Waals surface area contributed by atoms with Crippen LogP contribution in [0.15, 0.2) is 79.6 Å². The number of rotatable bonds is 9. The van der Waals surface area contributed by atoms with Gasteiger partial charge in [0.05, 0.1) is 49.5 Å². The van der Waals surface area contributed by atoms with Gasteiger partial charge >= 0.3 is 0 Å². The Hall–Kier alpha value is -4.71. The van der Waals surface area contributed by atoms with Crippen molar-refractivity contribution in [3.8, 4) is 5.75 Å². The lowest BCUT2D eigenvalue weighted by Gasteiger charge is -2.41. The predicted octanol–water partition coefficient (Wildman–Crippen LogP) is 5.83. The SMILES string of the molecule is C=CC(=O)Nc1cc(Nc2cc(N3OCC[C@@H]3c3ccc4ccccc4c3)ncn2)c(OC)cc1N1CCC(N2C[C@@H]3C[C@H]2CO3)CC1. The number of ether oxygens (including phenoxy) is 2. The maximum absolute atomic E-state index is 12.6. The summed E-state index contributed by atoms with van der Waals surface area (Å²) in [6.07, 6.45) is 7.34. The van der Waals surface area contributed by atoms with Gasteiger partial charge in [0, 0.05) is 50.3 Å². The van der Waals surface area contributed by atoms with Crippen molar-refractivity contribution in [3.05, 3.63) is 85.2 Å². The molecule has 4 aliphatic heterocycles. The number of nitrogens with zero attached hydrogens (tertiary/aromatic N) is 5. The highest BCUT2D eigenvalue weighted by atomic mass is 16.7. The lowest BCUT2D eigenvalue weighted by Crippen LogP contribution is -2.49. The number of amides is 1. The Morgan fingerprint density at radius 1 is 1.00 bits per heavy atom. The van der Waals surface area contributed by atoms with Gasteiger partial charge in [-0.1, -0.05) is 43.0 Å². The molecule has 2 bridgehead atoms. The van der Waals surface area contributed by atoms with Gasteiger partial charge in [-0.15, -0.1) is 0 Å². The first kappa shape index (κ1) is 30.6. The summed E-state index contributed by atoms with van der Waals surface area (Å²) >= 11 is 0. The van der Waals surface area contributed by atoms with Crippen molar-refractivity contribution in [1.29, 1.82) is 0 Å². The number of aromatic nitrogens is 2. The summed E-state index contributed by atoms with van der Waals surface area (Å²) in [5, 5.41) is 10.7. The van der Waals surface area contributed by atoms with E-state index < -0.39 is 0 Å². The van der Waals surface area contributed by atoms with E-state index in [-0.39, 0.29) is 11.9 Å². The molecule has 3 atom stereocenters. The number of anilines is 5. The molecule has 0 spiro atoms. The Morgan fingerprint density at radius 2 is 1.85 bits per heavy atom. The number of nitrogens with one attached hydrogen (secondary N) is 2. The first-order valence-corrected chi connectivity index (χ1v) is 16.8. The molecule has 3 aromatic carbocycles. The van der Waals surface area contributed by atoms with E-state index in [1.165, 1.54) is 28.7 Å². The maximum Gasteiger partial charge on any atom is 0.247 e. The van der Waals surface area contributed by atoms with Crippen molar-refractivity contribution in [2.45, 2.75) is 49.9 Å². The van der Waals surface area contributed by atoms with Crippen LogP contribution in [0, 0.1) is 0 Å². The first-order valence-electron chi connectivity index (χ1n) is 16.8. The van der Waals surface area contributed by atoms with Crippen molar-refractivity contribution in [2.75, 3.05) is 60.6 Å². The zero-order valence-corrected chi connectivity index (χ0v) is 27.2. The molecule has 11 heteroatoms. The molecule has 0 aliphatic carbocycles. The number of carbonyl (C=O) groups excluding carboxylic acids is 1. The van der Waals surface area contributed by atoms with Gasteiger partial charge in [-0.25, -0.2) is 15.0 Å². The summed E-state index contributed by atoms with van der Waals surface area (Å²) in [6.45, 7) is 7.94. The van der Waals surface area contributed by atoms with Crippen LogP contribution in [0.3, 0.4) is 0 Å². The molecule has 8 rings (SSSR count). The van der Waals surface area contributed by atoms with Gasteiger partial charge < -0.3 is 25.0 Å². The van der Waals surface area contributed by atoms with Crippen LogP contribution in [0.25, 0.3) is 10.8 Å². The molecule has 48 heavy (non-hydrogen) atoms. The molecule has 1 amide bonds. The van der Waals surface area contributed by atoms with E-state index in [1.54, 1.807) is 7.11 Å². The normalized spacial score (nSPS) is 22.7. The van der Waals surface area contributed by atoms with Crippen molar-refractivity contribution >= 4 is 45.4 Å². The van der Waals surface area contributed by atoms with E-state index in [9.17, 15) is 4.79 Å². The summed E-state index contributed by atoms with van der Waals surface area (Å²) in [7, 11) is 1.65. The molecule has 0 radical (unpaired) electrons. The number of fused-ring (bicyclic) bond motifs is 3. The molecule has 1 aromatic heterocycles. The van der Waals surface area contributed by atoms with Gasteiger partial charge in [0.25, 0.3) is 0 Å². The third-order valence-electron chi connectivity index (χ3n) is 10.2. The number of hydrogen-bond donors (Lipinski definition) is 2. The number of methoxy groups -OCH3 is 1. The maximum atomic E-state index is 12.6. The number of piperidine rings is 1. The molecule has 4 saturated heterocycles. The van der Waals surface area contributed by atoms with Gasteiger partial charge in [0.2, 0.25) is 5.91 Å². The van der Waals surface area contributed by atoms with E-state index in [4.69, 9.17) is 14.3 Å². The van der Waals surface area contributed by atoms with Crippen molar-refractivity contribution in [1.82, 2.24) is 14.9 Å². The minimum Gasteiger partial charge on any atom is -0.494 e. The Balaban J connectivity index is 1.03. The average molecular weight is 648 g/mol. The Kier molecular flexibility index (Phi) is 8.33. The molecule has 248 valence electrons. The summed E-state index contributed by atoms with van der Waals surface area (Å²) in [4.78, 5) is 32.8. The fourth-order valence-electron chi connectivity index (χ4n) is 7.78. The van der Waals surface area contributed by atoms with Crippen LogP contribution in [0.1, 0.15) is 37.3 Å². The van der Waals surface area contributed by atoms with Gasteiger partial charge in [0.1, 0.15) is 17.9 Å². The second kappa shape index (κ2) is 13.1. The smallest absolute Gasteiger partial charge is 0.247 e. The van der Waals surface area contributed by atoms with Crippen molar-refractivity contribution < 1.29 is 19.1 Å². The fourth-order valence-corrected chi connectivity index (χ4v) is 7.78. The molecule has 11 nitrogen and oxygen atoms in total. The van der Waals surface area contributed by atoms with Crippen LogP contribution in [0.5, 0.6) is 5.75 Å². The minimum atomic E-state index is -0.273. The molecule has 0 saturated carbocycles. The lowest BCUT2D eigenvalue weighted by molar-refractivity contribution is -0.111. The Bertz CT molecular complexity index is 1830. The number of likely N-dealkylation sites (tertiary alicyclic amines) is 1. The number of morpholine rings is 1. The van der Waals surface area contributed by atoms with Gasteiger partial charge in [-0.2, -0.15) is 0 Å². The second-order valence-electron chi connectivity index (χ2n) is 13.0. The quantitative estimate of drug-likeness (QED) is 0.216. The molecule has 0 unspecified atom stereocenters. The van der Waals surface area contributed by atoms with Crippen molar-refractivity contribution in [3.63, 3.8) is 0 Å². The van der Waals surface area contributed by atoms with E-state index in [0.717, 1.165) is 57.6 Å². The van der Waals surface area contributed by atoms with Gasteiger partial charge in [0.15, 0.2) is 5.82 Å². The van der Waals surface area contributed by atoms with Crippen LogP contribution >= 0.6 is 0 Å². The molecule has 5 heterocycles.